The summed E-state index contributed by atoms with van der Waals surface area (Å²) in [7, 11) is 0. The van der Waals surface area contributed by atoms with Crippen molar-refractivity contribution in [2.45, 2.75) is 20.3 Å². The van der Waals surface area contributed by atoms with Crippen molar-refractivity contribution in [3.05, 3.63) is 68.5 Å². The van der Waals surface area contributed by atoms with Crippen LogP contribution in [-0.2, 0) is 6.42 Å². The molecule has 1 saturated heterocycles. The van der Waals surface area contributed by atoms with Crippen molar-refractivity contribution < 1.29 is 4.52 Å². The first kappa shape index (κ1) is 20.1. The first-order valence-electron chi connectivity index (χ1n) is 10.6. The minimum Gasteiger partial charge on any atom is -0.354 e. The Morgan fingerprint density at radius 1 is 1.03 bits per heavy atom. The maximum absolute atomic E-state index is 12.0. The smallest absolute Gasteiger partial charge is 0.251 e. The monoisotopic (exact) mass is 436 g/mol. The van der Waals surface area contributed by atoms with E-state index in [0.717, 1.165) is 78.0 Å². The highest BCUT2D eigenvalue weighted by Crippen LogP contribution is 2.29. The number of benzene rings is 2. The van der Waals surface area contributed by atoms with Crippen molar-refractivity contribution in [2.24, 2.45) is 0 Å². The molecule has 5 rings (SSSR count). The largest absolute Gasteiger partial charge is 0.354 e. The summed E-state index contributed by atoms with van der Waals surface area (Å²) < 4.78 is 5.46. The summed E-state index contributed by atoms with van der Waals surface area (Å²) in [6, 6.07) is 12.0. The molecule has 0 bridgehead atoms. The summed E-state index contributed by atoms with van der Waals surface area (Å²) in [4.78, 5) is 19.7. The van der Waals surface area contributed by atoms with E-state index in [1.165, 1.54) is 5.56 Å². The van der Waals surface area contributed by atoms with Crippen LogP contribution in [0.3, 0.4) is 0 Å². The van der Waals surface area contributed by atoms with Crippen LogP contribution < -0.4 is 10.5 Å². The van der Waals surface area contributed by atoms with E-state index in [9.17, 15) is 4.79 Å². The van der Waals surface area contributed by atoms with Gasteiger partial charge in [0.15, 0.2) is 11.4 Å². The molecule has 0 unspecified atom stereocenters. The third kappa shape index (κ3) is 3.82. The van der Waals surface area contributed by atoms with Crippen molar-refractivity contribution in [3.8, 4) is 0 Å². The van der Waals surface area contributed by atoms with Crippen LogP contribution in [0.1, 0.15) is 16.7 Å². The average molecular weight is 437 g/mol. The fourth-order valence-corrected chi connectivity index (χ4v) is 4.52. The van der Waals surface area contributed by atoms with Crippen molar-refractivity contribution >= 4 is 39.3 Å². The highest BCUT2D eigenvalue weighted by Gasteiger charge is 2.21. The van der Waals surface area contributed by atoms with Gasteiger partial charge in [-0.2, -0.15) is 0 Å². The van der Waals surface area contributed by atoms with Crippen LogP contribution in [0, 0.1) is 13.8 Å². The Bertz CT molecular complexity index is 1320. The average Bonchev–Trinajstić information content (AvgIpc) is 3.20. The molecule has 2 aromatic carbocycles. The number of aromatic nitrogens is 2. The Morgan fingerprint density at radius 2 is 1.84 bits per heavy atom. The normalized spacial score (nSPS) is 15.3. The summed E-state index contributed by atoms with van der Waals surface area (Å²) in [5.74, 6) is 0.881. The van der Waals surface area contributed by atoms with Crippen LogP contribution in [0.5, 0.6) is 0 Å². The molecule has 4 aromatic rings. The van der Waals surface area contributed by atoms with E-state index in [-0.39, 0.29) is 5.56 Å². The SMILES string of the molecule is Cc1c(C)c2cc(CCN3CCN(c4noc5ccc(Cl)cc45)CC3)ccc2[nH]c1=O. The Labute approximate surface area is 185 Å². The lowest BCUT2D eigenvalue weighted by atomic mass is 10.0. The number of nitrogens with one attached hydrogen (secondary N) is 1. The molecule has 0 atom stereocenters. The number of H-pyrrole nitrogens is 1. The molecule has 31 heavy (non-hydrogen) atoms. The number of piperazine rings is 1. The third-order valence-corrected chi connectivity index (χ3v) is 6.68. The van der Waals surface area contributed by atoms with Gasteiger partial charge in [-0.05, 0) is 61.7 Å². The molecule has 2 aromatic heterocycles. The Hall–Kier alpha value is -2.83. The molecule has 7 heteroatoms. The number of pyridine rings is 1. The number of hydrogen-bond acceptors (Lipinski definition) is 5. The number of rotatable bonds is 4. The van der Waals surface area contributed by atoms with Gasteiger partial charge in [0.1, 0.15) is 0 Å². The van der Waals surface area contributed by atoms with Gasteiger partial charge in [-0.25, -0.2) is 0 Å². The van der Waals surface area contributed by atoms with Crippen LogP contribution in [0.15, 0.2) is 45.7 Å². The van der Waals surface area contributed by atoms with Crippen LogP contribution in [0.4, 0.5) is 5.82 Å². The number of aromatic amines is 1. The topological polar surface area (TPSA) is 65.4 Å². The molecule has 0 spiro atoms. The lowest BCUT2D eigenvalue weighted by molar-refractivity contribution is 0.259. The molecule has 0 saturated carbocycles. The van der Waals surface area contributed by atoms with Crippen molar-refractivity contribution in [1.82, 2.24) is 15.0 Å². The van der Waals surface area contributed by atoms with Crippen molar-refractivity contribution in [3.63, 3.8) is 0 Å². The van der Waals surface area contributed by atoms with Crippen LogP contribution in [0.25, 0.3) is 21.9 Å². The van der Waals surface area contributed by atoms with E-state index >= 15 is 0 Å². The number of fused-ring (bicyclic) bond motifs is 2. The first-order valence-corrected chi connectivity index (χ1v) is 11.0. The molecule has 6 nitrogen and oxygen atoms in total. The van der Waals surface area contributed by atoms with E-state index in [4.69, 9.17) is 16.1 Å². The molecular weight excluding hydrogens is 412 g/mol. The quantitative estimate of drug-likeness (QED) is 0.516. The lowest BCUT2D eigenvalue weighted by Crippen LogP contribution is -2.47. The second-order valence-electron chi connectivity index (χ2n) is 8.31. The zero-order valence-corrected chi connectivity index (χ0v) is 18.5. The fraction of sp³-hybridized carbons (Fsp3) is 0.333. The van der Waals surface area contributed by atoms with E-state index in [2.05, 4.69) is 32.1 Å². The molecule has 0 radical (unpaired) electrons. The predicted molar refractivity (Wildman–Crippen MR) is 125 cm³/mol. The van der Waals surface area contributed by atoms with Gasteiger partial charge in [-0.3, -0.25) is 9.69 Å². The number of aryl methyl sites for hydroxylation is 1. The molecule has 0 aliphatic carbocycles. The lowest BCUT2D eigenvalue weighted by Gasteiger charge is -2.34. The molecular formula is C24H25ClN4O2. The van der Waals surface area contributed by atoms with Gasteiger partial charge in [-0.15, -0.1) is 0 Å². The predicted octanol–water partition coefficient (Wildman–Crippen LogP) is 4.30. The number of hydrogen-bond donors (Lipinski definition) is 1. The highest BCUT2D eigenvalue weighted by atomic mass is 35.5. The number of nitrogens with zero attached hydrogens (tertiary/aromatic N) is 3. The zero-order chi connectivity index (χ0) is 21.5. The summed E-state index contributed by atoms with van der Waals surface area (Å²) in [5, 5.41) is 7.08. The fourth-order valence-electron chi connectivity index (χ4n) is 4.35. The molecule has 0 amide bonds. The van der Waals surface area contributed by atoms with E-state index in [0.29, 0.717) is 5.02 Å². The molecule has 160 valence electrons. The summed E-state index contributed by atoms with van der Waals surface area (Å²) in [5.41, 5.74) is 4.83. The van der Waals surface area contributed by atoms with E-state index < -0.39 is 0 Å². The maximum Gasteiger partial charge on any atom is 0.251 e. The summed E-state index contributed by atoms with van der Waals surface area (Å²) >= 11 is 6.16. The highest BCUT2D eigenvalue weighted by molar-refractivity contribution is 6.31. The number of anilines is 1. The van der Waals surface area contributed by atoms with Gasteiger partial charge >= 0.3 is 0 Å². The number of halogens is 1. The molecule has 1 aliphatic rings. The van der Waals surface area contributed by atoms with Gasteiger partial charge in [0, 0.05) is 54.2 Å². The van der Waals surface area contributed by atoms with Crippen molar-refractivity contribution in [2.75, 3.05) is 37.6 Å². The molecule has 1 fully saturated rings. The van der Waals surface area contributed by atoms with Crippen molar-refractivity contribution in [1.29, 1.82) is 0 Å². The summed E-state index contributed by atoms with van der Waals surface area (Å²) in [6.07, 6.45) is 0.982. The molecule has 1 N–H and O–H groups in total. The Morgan fingerprint density at radius 3 is 2.65 bits per heavy atom. The van der Waals surface area contributed by atoms with Gasteiger partial charge in [0.05, 0.1) is 5.39 Å². The van der Waals surface area contributed by atoms with Crippen LogP contribution in [0.2, 0.25) is 5.02 Å². The maximum atomic E-state index is 12.0. The second-order valence-corrected chi connectivity index (χ2v) is 8.75. The van der Waals surface area contributed by atoms with Crippen LogP contribution >= 0.6 is 11.6 Å². The first-order chi connectivity index (χ1) is 15.0. The van der Waals surface area contributed by atoms with E-state index in [1.54, 1.807) is 0 Å². The summed E-state index contributed by atoms with van der Waals surface area (Å²) in [6.45, 7) is 8.69. The van der Waals surface area contributed by atoms with Gasteiger partial charge in [-0.1, -0.05) is 22.8 Å². The Balaban J connectivity index is 1.24. The third-order valence-electron chi connectivity index (χ3n) is 6.44. The van der Waals surface area contributed by atoms with Gasteiger partial charge in [0.25, 0.3) is 5.56 Å². The standard InChI is InChI=1S/C24H25ClN4O2/c1-15-16(2)24(30)26-21-5-3-17(13-19(15)21)7-8-28-9-11-29(12-10-28)23-20-14-18(25)4-6-22(20)31-27-23/h3-6,13-14H,7-12H2,1-2H3,(H,26,30). The van der Waals surface area contributed by atoms with E-state index in [1.807, 2.05) is 38.1 Å². The minimum absolute atomic E-state index is 0.00205. The molecule has 3 heterocycles. The van der Waals surface area contributed by atoms with Crippen LogP contribution in [-0.4, -0.2) is 47.8 Å². The Kier molecular flexibility index (Phi) is 5.20. The molecule has 1 aliphatic heterocycles. The van der Waals surface area contributed by atoms with Gasteiger partial charge in [0.2, 0.25) is 0 Å². The minimum atomic E-state index is -0.00205. The second kappa shape index (κ2) is 8.02. The zero-order valence-electron chi connectivity index (χ0n) is 17.7. The van der Waals surface area contributed by atoms with Gasteiger partial charge < -0.3 is 14.4 Å².